The standard InChI is InChI=1S/C14H17N3O2.C2HF3O2/c18-14(19)10-2-1-3-11(6-10)17-13-7-12(9-4-5-9)15-8-16-13;3-2(4,5)1(6)7/h1,3,7-11H,2,4-6H2,(H,18,19)(H,15,16,17);(H,6,7)/t10-,11-;/m1./s1. The Hall–Kier alpha value is -2.65. The number of carboxylic acid groups (broad SMARTS) is 2. The average Bonchev–Trinajstić information content (AvgIpc) is 3.40. The van der Waals surface area contributed by atoms with Gasteiger partial charge in [-0.1, -0.05) is 12.2 Å². The molecule has 2 aliphatic rings. The van der Waals surface area contributed by atoms with Crippen LogP contribution in [-0.4, -0.2) is 44.3 Å². The molecule has 1 aromatic heterocycles. The summed E-state index contributed by atoms with van der Waals surface area (Å²) in [4.78, 5) is 28.4. The first-order chi connectivity index (χ1) is 12.2. The first kappa shape index (κ1) is 19.7. The van der Waals surface area contributed by atoms with Crippen molar-refractivity contribution in [3.8, 4) is 0 Å². The van der Waals surface area contributed by atoms with E-state index in [2.05, 4.69) is 15.3 Å². The molecule has 0 aromatic carbocycles. The van der Waals surface area contributed by atoms with E-state index >= 15 is 0 Å². The zero-order valence-corrected chi connectivity index (χ0v) is 13.6. The quantitative estimate of drug-likeness (QED) is 0.696. The van der Waals surface area contributed by atoms with E-state index in [1.807, 2.05) is 18.2 Å². The fourth-order valence-electron chi connectivity index (χ4n) is 2.44. The molecule has 2 atom stereocenters. The molecule has 2 aliphatic carbocycles. The Morgan fingerprint density at radius 2 is 1.85 bits per heavy atom. The minimum absolute atomic E-state index is 0.0387. The molecule has 10 heteroatoms. The molecule has 3 N–H and O–H groups in total. The van der Waals surface area contributed by atoms with Gasteiger partial charge in [-0.15, -0.1) is 0 Å². The molecular weight excluding hydrogens is 355 g/mol. The van der Waals surface area contributed by atoms with Crippen LogP contribution in [0.2, 0.25) is 0 Å². The fraction of sp³-hybridized carbons (Fsp3) is 0.500. The minimum Gasteiger partial charge on any atom is -0.481 e. The number of carboxylic acids is 2. The lowest BCUT2D eigenvalue weighted by Crippen LogP contribution is -2.28. The van der Waals surface area contributed by atoms with Crippen LogP contribution in [0.15, 0.2) is 24.5 Å². The van der Waals surface area contributed by atoms with Crippen molar-refractivity contribution < 1.29 is 33.0 Å². The van der Waals surface area contributed by atoms with E-state index in [-0.39, 0.29) is 12.0 Å². The Balaban J connectivity index is 0.000000298. The zero-order chi connectivity index (χ0) is 19.3. The Bertz CT molecular complexity index is 690. The van der Waals surface area contributed by atoms with Crippen LogP contribution < -0.4 is 5.32 Å². The molecule has 0 radical (unpaired) electrons. The van der Waals surface area contributed by atoms with Crippen LogP contribution >= 0.6 is 0 Å². The molecule has 1 fully saturated rings. The van der Waals surface area contributed by atoms with Crippen LogP contribution in [-0.2, 0) is 9.59 Å². The van der Waals surface area contributed by atoms with Crippen LogP contribution in [0.3, 0.4) is 0 Å². The third-order valence-electron chi connectivity index (χ3n) is 3.94. The van der Waals surface area contributed by atoms with Gasteiger partial charge >= 0.3 is 18.1 Å². The van der Waals surface area contributed by atoms with E-state index in [0.29, 0.717) is 18.8 Å². The van der Waals surface area contributed by atoms with E-state index in [4.69, 9.17) is 15.0 Å². The minimum atomic E-state index is -5.08. The highest BCUT2D eigenvalue weighted by Crippen LogP contribution is 2.39. The van der Waals surface area contributed by atoms with E-state index in [9.17, 15) is 18.0 Å². The SMILES string of the molecule is O=C(O)C(F)(F)F.O=C(O)[C@@H]1CC=C[C@@H](Nc2cc(C3CC3)ncn2)C1. The monoisotopic (exact) mass is 373 g/mol. The predicted octanol–water partition coefficient (Wildman–Crippen LogP) is 2.82. The number of aromatic nitrogens is 2. The second-order valence-electron chi connectivity index (χ2n) is 6.09. The lowest BCUT2D eigenvalue weighted by Gasteiger charge is -2.23. The summed E-state index contributed by atoms with van der Waals surface area (Å²) in [7, 11) is 0. The maximum Gasteiger partial charge on any atom is 0.490 e. The van der Waals surface area contributed by atoms with Crippen molar-refractivity contribution in [2.45, 2.75) is 43.8 Å². The third-order valence-corrected chi connectivity index (χ3v) is 3.94. The van der Waals surface area contributed by atoms with Crippen molar-refractivity contribution in [3.63, 3.8) is 0 Å². The van der Waals surface area contributed by atoms with E-state index < -0.39 is 18.1 Å². The highest BCUT2D eigenvalue weighted by molar-refractivity contribution is 5.73. The van der Waals surface area contributed by atoms with Crippen LogP contribution in [0.4, 0.5) is 19.0 Å². The highest BCUT2D eigenvalue weighted by Gasteiger charge is 2.38. The number of rotatable bonds is 4. The molecular formula is C16H18F3N3O4. The fourth-order valence-corrected chi connectivity index (χ4v) is 2.44. The highest BCUT2D eigenvalue weighted by atomic mass is 19.4. The molecule has 0 aliphatic heterocycles. The van der Waals surface area contributed by atoms with Crippen molar-refractivity contribution in [3.05, 3.63) is 30.2 Å². The Morgan fingerprint density at radius 1 is 1.19 bits per heavy atom. The Morgan fingerprint density at radius 3 is 2.38 bits per heavy atom. The molecule has 1 heterocycles. The predicted molar refractivity (Wildman–Crippen MR) is 84.6 cm³/mol. The Labute approximate surface area is 147 Å². The summed E-state index contributed by atoms with van der Waals surface area (Å²) < 4.78 is 31.7. The second-order valence-corrected chi connectivity index (χ2v) is 6.09. The summed E-state index contributed by atoms with van der Waals surface area (Å²) in [5, 5.41) is 19.5. The molecule has 0 unspecified atom stereocenters. The van der Waals surface area contributed by atoms with Crippen molar-refractivity contribution in [2.24, 2.45) is 5.92 Å². The van der Waals surface area contributed by atoms with Gasteiger partial charge in [0.05, 0.1) is 5.92 Å². The second kappa shape index (κ2) is 8.15. The number of hydrogen-bond donors (Lipinski definition) is 3. The summed E-state index contributed by atoms with van der Waals surface area (Å²) in [6, 6.07) is 2.02. The number of nitrogens with zero attached hydrogens (tertiary/aromatic N) is 2. The van der Waals surface area contributed by atoms with E-state index in [1.165, 1.54) is 12.8 Å². The molecule has 1 saturated carbocycles. The lowest BCUT2D eigenvalue weighted by molar-refractivity contribution is -0.192. The van der Waals surface area contributed by atoms with Crippen molar-refractivity contribution in [1.82, 2.24) is 9.97 Å². The lowest BCUT2D eigenvalue weighted by atomic mass is 9.91. The van der Waals surface area contributed by atoms with Gasteiger partial charge in [-0.25, -0.2) is 14.8 Å². The summed E-state index contributed by atoms with van der Waals surface area (Å²) in [6.45, 7) is 0. The summed E-state index contributed by atoms with van der Waals surface area (Å²) in [5.74, 6) is -2.40. The molecule has 26 heavy (non-hydrogen) atoms. The van der Waals surface area contributed by atoms with Crippen LogP contribution in [0.25, 0.3) is 0 Å². The molecule has 3 rings (SSSR count). The van der Waals surface area contributed by atoms with Crippen LogP contribution in [0, 0.1) is 5.92 Å². The smallest absolute Gasteiger partial charge is 0.481 e. The topological polar surface area (TPSA) is 112 Å². The third kappa shape index (κ3) is 6.01. The first-order valence-electron chi connectivity index (χ1n) is 7.95. The maximum absolute atomic E-state index is 11.0. The zero-order valence-electron chi connectivity index (χ0n) is 13.6. The van der Waals surface area contributed by atoms with Gasteiger partial charge in [0.1, 0.15) is 12.1 Å². The van der Waals surface area contributed by atoms with Gasteiger partial charge in [0.15, 0.2) is 0 Å². The Kier molecular flexibility index (Phi) is 6.17. The molecule has 0 saturated heterocycles. The number of alkyl halides is 3. The normalized spacial score (nSPS) is 22.1. The maximum atomic E-state index is 11.0. The van der Waals surface area contributed by atoms with Crippen LogP contribution in [0.5, 0.6) is 0 Å². The number of anilines is 1. The molecule has 1 aromatic rings. The van der Waals surface area contributed by atoms with Crippen molar-refractivity contribution in [2.75, 3.05) is 5.32 Å². The average molecular weight is 373 g/mol. The molecule has 0 bridgehead atoms. The van der Waals surface area contributed by atoms with Gasteiger partial charge in [0.2, 0.25) is 0 Å². The number of nitrogens with one attached hydrogen (secondary N) is 1. The van der Waals surface area contributed by atoms with Gasteiger partial charge in [0, 0.05) is 23.7 Å². The number of aliphatic carboxylic acids is 2. The van der Waals surface area contributed by atoms with Gasteiger partial charge in [0.25, 0.3) is 0 Å². The molecule has 7 nitrogen and oxygen atoms in total. The number of halogens is 3. The van der Waals surface area contributed by atoms with Gasteiger partial charge < -0.3 is 15.5 Å². The molecule has 0 spiro atoms. The van der Waals surface area contributed by atoms with Gasteiger partial charge in [-0.05, 0) is 25.7 Å². The number of hydrogen-bond acceptors (Lipinski definition) is 5. The van der Waals surface area contributed by atoms with E-state index in [1.54, 1.807) is 6.33 Å². The summed E-state index contributed by atoms with van der Waals surface area (Å²) >= 11 is 0. The largest absolute Gasteiger partial charge is 0.490 e. The molecule has 0 amide bonds. The summed E-state index contributed by atoms with van der Waals surface area (Å²) in [6.07, 6.45) is 4.10. The van der Waals surface area contributed by atoms with Gasteiger partial charge in [-0.3, -0.25) is 4.79 Å². The van der Waals surface area contributed by atoms with Crippen molar-refractivity contribution in [1.29, 1.82) is 0 Å². The number of allylic oxidation sites excluding steroid dienone is 1. The number of carbonyl (C=O) groups is 2. The first-order valence-corrected chi connectivity index (χ1v) is 7.95. The summed E-state index contributed by atoms with van der Waals surface area (Å²) in [5.41, 5.74) is 1.09. The van der Waals surface area contributed by atoms with Crippen LogP contribution in [0.1, 0.15) is 37.3 Å². The van der Waals surface area contributed by atoms with E-state index in [0.717, 1.165) is 11.5 Å². The molecule has 142 valence electrons. The van der Waals surface area contributed by atoms with Gasteiger partial charge in [-0.2, -0.15) is 13.2 Å². The van der Waals surface area contributed by atoms with Crippen molar-refractivity contribution >= 4 is 17.8 Å².